The van der Waals surface area contributed by atoms with Crippen LogP contribution in [0.1, 0.15) is 25.7 Å². The van der Waals surface area contributed by atoms with Crippen LogP contribution < -0.4 is 10.1 Å². The molecule has 1 amide bonds. The van der Waals surface area contributed by atoms with Crippen molar-refractivity contribution in [1.82, 2.24) is 15.5 Å². The molecule has 1 aromatic carbocycles. The number of benzene rings is 1. The fraction of sp³-hybridized carbons (Fsp3) is 0.357. The van der Waals surface area contributed by atoms with Crippen LogP contribution >= 0.6 is 0 Å². The van der Waals surface area contributed by atoms with Crippen molar-refractivity contribution < 1.29 is 13.9 Å². The lowest BCUT2D eigenvalue weighted by atomic mass is 10.2. The molecule has 0 unspecified atom stereocenters. The van der Waals surface area contributed by atoms with Gasteiger partial charge in [0.15, 0.2) is 0 Å². The molecule has 0 bridgehead atoms. The van der Waals surface area contributed by atoms with E-state index in [4.69, 9.17) is 9.15 Å². The lowest BCUT2D eigenvalue weighted by Gasteiger charge is -2.00. The van der Waals surface area contributed by atoms with E-state index in [1.54, 1.807) is 7.11 Å². The van der Waals surface area contributed by atoms with Crippen molar-refractivity contribution in [3.05, 3.63) is 30.2 Å². The number of hydrogen-bond acceptors (Lipinski definition) is 5. The molecule has 0 spiro atoms. The number of nitrogens with zero attached hydrogens (tertiary/aromatic N) is 2. The first kappa shape index (κ1) is 14.0. The fourth-order valence-corrected chi connectivity index (χ4v) is 1.66. The van der Waals surface area contributed by atoms with Crippen LogP contribution in [-0.4, -0.2) is 23.2 Å². The molecule has 6 heteroatoms. The Morgan fingerprint density at radius 2 is 2.05 bits per heavy atom. The van der Waals surface area contributed by atoms with E-state index in [1.807, 2.05) is 31.2 Å². The molecule has 0 aliphatic rings. The predicted octanol–water partition coefficient (Wildman–Crippen LogP) is 2.16. The summed E-state index contributed by atoms with van der Waals surface area (Å²) in [6.07, 6.45) is 1.31. The molecule has 2 aromatic rings. The third-order valence-electron chi connectivity index (χ3n) is 2.72. The van der Waals surface area contributed by atoms with E-state index in [-0.39, 0.29) is 12.5 Å². The van der Waals surface area contributed by atoms with Crippen molar-refractivity contribution >= 4 is 5.91 Å². The largest absolute Gasteiger partial charge is 0.497 e. The minimum Gasteiger partial charge on any atom is -0.497 e. The number of ether oxygens (including phenoxy) is 1. The molecule has 0 aliphatic heterocycles. The van der Waals surface area contributed by atoms with E-state index in [0.717, 1.165) is 17.7 Å². The first-order chi connectivity index (χ1) is 9.72. The van der Waals surface area contributed by atoms with Gasteiger partial charge in [-0.15, -0.1) is 10.2 Å². The summed E-state index contributed by atoms with van der Waals surface area (Å²) in [5.41, 5.74) is 0.810. The number of amides is 1. The second-order valence-corrected chi connectivity index (χ2v) is 4.26. The highest BCUT2D eigenvalue weighted by atomic mass is 16.5. The van der Waals surface area contributed by atoms with Gasteiger partial charge in [-0.05, 0) is 30.7 Å². The third-order valence-corrected chi connectivity index (χ3v) is 2.72. The molecule has 1 heterocycles. The van der Waals surface area contributed by atoms with Gasteiger partial charge in [0.1, 0.15) is 5.75 Å². The maximum atomic E-state index is 11.3. The maximum absolute atomic E-state index is 11.3. The number of nitrogens with one attached hydrogen (secondary N) is 1. The van der Waals surface area contributed by atoms with Crippen LogP contribution in [0.5, 0.6) is 5.75 Å². The number of carbonyl (C=O) groups excluding carboxylic acids is 1. The first-order valence-electron chi connectivity index (χ1n) is 6.46. The van der Waals surface area contributed by atoms with Gasteiger partial charge in [0.25, 0.3) is 0 Å². The van der Waals surface area contributed by atoms with Crippen LogP contribution in [0, 0.1) is 0 Å². The summed E-state index contributed by atoms with van der Waals surface area (Å²) in [5, 5.41) is 10.6. The lowest BCUT2D eigenvalue weighted by Crippen LogP contribution is -2.22. The molecule has 2 rings (SSSR count). The fourth-order valence-electron chi connectivity index (χ4n) is 1.66. The second-order valence-electron chi connectivity index (χ2n) is 4.26. The number of aromatic nitrogens is 2. The molecule has 20 heavy (non-hydrogen) atoms. The molecular weight excluding hydrogens is 258 g/mol. The lowest BCUT2D eigenvalue weighted by molar-refractivity contribution is -0.121. The van der Waals surface area contributed by atoms with Crippen molar-refractivity contribution in [2.24, 2.45) is 0 Å². The van der Waals surface area contributed by atoms with Gasteiger partial charge in [0.2, 0.25) is 17.7 Å². The Hall–Kier alpha value is -2.37. The van der Waals surface area contributed by atoms with Gasteiger partial charge in [0.05, 0.1) is 13.7 Å². The predicted molar refractivity (Wildman–Crippen MR) is 73.0 cm³/mol. The number of carbonyl (C=O) groups is 1. The standard InChI is InChI=1S/C14H17N3O3/c1-3-4-12(18)15-9-13-16-17-14(20-13)10-5-7-11(19-2)8-6-10/h5-8H,3-4,9H2,1-2H3,(H,15,18). The zero-order chi connectivity index (χ0) is 14.4. The average Bonchev–Trinajstić information content (AvgIpc) is 2.94. The highest BCUT2D eigenvalue weighted by molar-refractivity contribution is 5.75. The van der Waals surface area contributed by atoms with Gasteiger partial charge in [-0.3, -0.25) is 4.79 Å². The molecule has 0 fully saturated rings. The highest BCUT2D eigenvalue weighted by Crippen LogP contribution is 2.20. The van der Waals surface area contributed by atoms with E-state index in [1.165, 1.54) is 0 Å². The van der Waals surface area contributed by atoms with E-state index >= 15 is 0 Å². The van der Waals surface area contributed by atoms with Crippen LogP contribution in [0.4, 0.5) is 0 Å². The van der Waals surface area contributed by atoms with E-state index < -0.39 is 0 Å². The van der Waals surface area contributed by atoms with Gasteiger partial charge in [-0.1, -0.05) is 6.92 Å². The minimum absolute atomic E-state index is 0.0169. The average molecular weight is 275 g/mol. The van der Waals surface area contributed by atoms with Crippen molar-refractivity contribution in [3.8, 4) is 17.2 Å². The molecule has 1 N–H and O–H groups in total. The Kier molecular flexibility index (Phi) is 4.70. The van der Waals surface area contributed by atoms with Crippen molar-refractivity contribution in [2.45, 2.75) is 26.3 Å². The van der Waals surface area contributed by atoms with Crippen LogP contribution in [0.3, 0.4) is 0 Å². The zero-order valence-corrected chi connectivity index (χ0v) is 11.5. The monoisotopic (exact) mass is 275 g/mol. The van der Waals surface area contributed by atoms with Gasteiger partial charge < -0.3 is 14.5 Å². The molecule has 6 nitrogen and oxygen atoms in total. The third kappa shape index (κ3) is 3.57. The summed E-state index contributed by atoms with van der Waals surface area (Å²) < 4.78 is 10.6. The van der Waals surface area contributed by atoms with Crippen molar-refractivity contribution in [2.75, 3.05) is 7.11 Å². The van der Waals surface area contributed by atoms with Gasteiger partial charge in [-0.2, -0.15) is 0 Å². The molecule has 0 saturated carbocycles. The molecule has 0 atom stereocenters. The quantitative estimate of drug-likeness (QED) is 0.874. The Bertz CT molecular complexity index is 563. The van der Waals surface area contributed by atoms with Crippen molar-refractivity contribution in [1.29, 1.82) is 0 Å². The molecule has 0 saturated heterocycles. The summed E-state index contributed by atoms with van der Waals surface area (Å²) in [4.78, 5) is 11.3. The Morgan fingerprint density at radius 3 is 2.70 bits per heavy atom. The number of hydrogen-bond donors (Lipinski definition) is 1. The molecule has 1 aromatic heterocycles. The minimum atomic E-state index is -0.0169. The van der Waals surface area contributed by atoms with E-state index in [2.05, 4.69) is 15.5 Å². The second kappa shape index (κ2) is 6.70. The summed E-state index contributed by atoms with van der Waals surface area (Å²) in [7, 11) is 1.61. The molecule has 0 radical (unpaired) electrons. The first-order valence-corrected chi connectivity index (χ1v) is 6.46. The normalized spacial score (nSPS) is 10.3. The summed E-state index contributed by atoms with van der Waals surface area (Å²) in [6.45, 7) is 2.20. The van der Waals surface area contributed by atoms with E-state index in [9.17, 15) is 4.79 Å². The van der Waals surface area contributed by atoms with Crippen LogP contribution in [-0.2, 0) is 11.3 Å². The van der Waals surface area contributed by atoms with Crippen LogP contribution in [0.25, 0.3) is 11.5 Å². The Balaban J connectivity index is 1.99. The molecule has 0 aliphatic carbocycles. The smallest absolute Gasteiger partial charge is 0.247 e. The number of methoxy groups -OCH3 is 1. The summed E-state index contributed by atoms with van der Waals surface area (Å²) in [5.74, 6) is 1.56. The molecule has 106 valence electrons. The summed E-state index contributed by atoms with van der Waals surface area (Å²) >= 11 is 0. The van der Waals surface area contributed by atoms with Gasteiger partial charge in [-0.25, -0.2) is 0 Å². The molecular formula is C14H17N3O3. The zero-order valence-electron chi connectivity index (χ0n) is 11.5. The van der Waals surface area contributed by atoms with Gasteiger partial charge >= 0.3 is 0 Å². The van der Waals surface area contributed by atoms with Crippen LogP contribution in [0.15, 0.2) is 28.7 Å². The highest BCUT2D eigenvalue weighted by Gasteiger charge is 2.09. The summed E-state index contributed by atoms with van der Waals surface area (Å²) in [6, 6.07) is 7.32. The van der Waals surface area contributed by atoms with E-state index in [0.29, 0.717) is 18.2 Å². The van der Waals surface area contributed by atoms with Crippen molar-refractivity contribution in [3.63, 3.8) is 0 Å². The Morgan fingerprint density at radius 1 is 1.30 bits per heavy atom. The Labute approximate surface area is 117 Å². The SMILES string of the molecule is CCCC(=O)NCc1nnc(-c2ccc(OC)cc2)o1. The number of rotatable bonds is 6. The maximum Gasteiger partial charge on any atom is 0.247 e. The van der Waals surface area contributed by atoms with Gasteiger partial charge in [0, 0.05) is 12.0 Å². The van der Waals surface area contributed by atoms with Crippen LogP contribution in [0.2, 0.25) is 0 Å². The topological polar surface area (TPSA) is 77.2 Å².